The van der Waals surface area contributed by atoms with Gasteiger partial charge in [-0.05, 0) is 17.5 Å². The van der Waals surface area contributed by atoms with Crippen molar-refractivity contribution >= 4 is 21.7 Å². The summed E-state index contributed by atoms with van der Waals surface area (Å²) in [4.78, 5) is 24.4. The van der Waals surface area contributed by atoms with E-state index in [9.17, 15) is 18.0 Å². The van der Waals surface area contributed by atoms with Crippen LogP contribution in [0, 0.1) is 0 Å². The molecule has 0 bridgehead atoms. The van der Waals surface area contributed by atoms with E-state index in [-0.39, 0.29) is 36.7 Å². The van der Waals surface area contributed by atoms with Crippen molar-refractivity contribution in [2.24, 2.45) is 0 Å². The third-order valence-corrected chi connectivity index (χ3v) is 5.67. The first-order valence-electron chi connectivity index (χ1n) is 8.22. The van der Waals surface area contributed by atoms with E-state index in [1.807, 2.05) is 0 Å². The van der Waals surface area contributed by atoms with Crippen molar-refractivity contribution in [2.45, 2.75) is 25.0 Å². The van der Waals surface area contributed by atoms with Gasteiger partial charge in [-0.3, -0.25) is 9.59 Å². The molecule has 1 amide bonds. The van der Waals surface area contributed by atoms with Crippen LogP contribution in [0.5, 0.6) is 0 Å². The third-order valence-electron chi connectivity index (χ3n) is 4.09. The number of hydrogen-bond donors (Lipinski definition) is 1. The maximum Gasteiger partial charge on any atom is 0.303 e. The number of morpholine rings is 1. The molecule has 0 aliphatic carbocycles. The molecule has 1 aliphatic heterocycles. The molecule has 1 aromatic rings. The zero-order valence-corrected chi connectivity index (χ0v) is 14.8. The van der Waals surface area contributed by atoms with Crippen molar-refractivity contribution in [1.82, 2.24) is 4.90 Å². The number of aryl methyl sites for hydroxylation is 1. The molecule has 1 saturated heterocycles. The van der Waals surface area contributed by atoms with Gasteiger partial charge in [0.05, 0.1) is 24.7 Å². The van der Waals surface area contributed by atoms with E-state index in [1.54, 1.807) is 29.2 Å². The van der Waals surface area contributed by atoms with E-state index in [0.717, 1.165) is 0 Å². The normalized spacial score (nSPS) is 15.1. The lowest BCUT2D eigenvalue weighted by Crippen LogP contribution is -2.41. The SMILES string of the molecule is O=C(O)CCc1ccccc1CS(=O)(=O)CCC(=O)N1CCOCC1. The number of amides is 1. The number of benzene rings is 1. The fraction of sp³-hybridized carbons (Fsp3) is 0.529. The third kappa shape index (κ3) is 6.47. The van der Waals surface area contributed by atoms with E-state index in [2.05, 4.69) is 0 Å². The molecule has 0 saturated carbocycles. The van der Waals surface area contributed by atoms with E-state index in [0.29, 0.717) is 37.4 Å². The van der Waals surface area contributed by atoms with Crippen LogP contribution >= 0.6 is 0 Å². The molecular weight excluding hydrogens is 346 g/mol. The van der Waals surface area contributed by atoms with Gasteiger partial charge in [0.25, 0.3) is 0 Å². The average Bonchev–Trinajstić information content (AvgIpc) is 2.59. The Morgan fingerprint density at radius 1 is 1.08 bits per heavy atom. The summed E-state index contributed by atoms with van der Waals surface area (Å²) in [6, 6.07) is 6.93. The zero-order chi connectivity index (χ0) is 18.3. The van der Waals surface area contributed by atoms with Gasteiger partial charge in [0.2, 0.25) is 5.91 Å². The summed E-state index contributed by atoms with van der Waals surface area (Å²) in [5, 5.41) is 8.80. The lowest BCUT2D eigenvalue weighted by molar-refractivity contribution is -0.137. The smallest absolute Gasteiger partial charge is 0.303 e. The summed E-state index contributed by atoms with van der Waals surface area (Å²) in [5.74, 6) is -1.49. The summed E-state index contributed by atoms with van der Waals surface area (Å²) < 4.78 is 29.9. The minimum absolute atomic E-state index is 0.0420. The number of carboxylic acids is 1. The van der Waals surface area contributed by atoms with Crippen LogP contribution in [0.2, 0.25) is 0 Å². The highest BCUT2D eigenvalue weighted by Gasteiger charge is 2.21. The Hall–Kier alpha value is -1.93. The van der Waals surface area contributed by atoms with Gasteiger partial charge in [0.15, 0.2) is 9.84 Å². The maximum absolute atomic E-state index is 12.4. The lowest BCUT2D eigenvalue weighted by Gasteiger charge is -2.26. The fourth-order valence-corrected chi connectivity index (χ4v) is 4.09. The van der Waals surface area contributed by atoms with Crippen LogP contribution in [0.3, 0.4) is 0 Å². The number of carbonyl (C=O) groups is 2. The van der Waals surface area contributed by atoms with E-state index < -0.39 is 15.8 Å². The highest BCUT2D eigenvalue weighted by atomic mass is 32.2. The molecule has 25 heavy (non-hydrogen) atoms. The van der Waals surface area contributed by atoms with Crippen molar-refractivity contribution in [3.63, 3.8) is 0 Å². The first kappa shape index (κ1) is 19.4. The fourth-order valence-electron chi connectivity index (χ4n) is 2.71. The molecule has 1 heterocycles. The Labute approximate surface area is 147 Å². The molecule has 0 radical (unpaired) electrons. The van der Waals surface area contributed by atoms with Crippen molar-refractivity contribution in [3.05, 3.63) is 35.4 Å². The second-order valence-corrected chi connectivity index (χ2v) is 8.18. The molecule has 0 spiro atoms. The van der Waals surface area contributed by atoms with Crippen molar-refractivity contribution in [1.29, 1.82) is 0 Å². The van der Waals surface area contributed by atoms with Gasteiger partial charge in [0.1, 0.15) is 0 Å². The van der Waals surface area contributed by atoms with Crippen LogP contribution in [0.1, 0.15) is 24.0 Å². The number of sulfone groups is 1. The highest BCUT2D eigenvalue weighted by molar-refractivity contribution is 7.90. The number of carbonyl (C=O) groups excluding carboxylic acids is 1. The number of aliphatic carboxylic acids is 1. The zero-order valence-electron chi connectivity index (χ0n) is 14.0. The van der Waals surface area contributed by atoms with Crippen LogP contribution in [0.25, 0.3) is 0 Å². The average molecular weight is 369 g/mol. The van der Waals surface area contributed by atoms with Crippen LogP contribution < -0.4 is 0 Å². The second kappa shape index (κ2) is 8.96. The van der Waals surface area contributed by atoms with Gasteiger partial charge in [-0.1, -0.05) is 24.3 Å². The molecule has 2 rings (SSSR count). The number of nitrogens with zero attached hydrogens (tertiary/aromatic N) is 1. The van der Waals surface area contributed by atoms with Gasteiger partial charge in [0, 0.05) is 25.9 Å². The van der Waals surface area contributed by atoms with Crippen molar-refractivity contribution in [3.8, 4) is 0 Å². The molecule has 0 unspecified atom stereocenters. The van der Waals surface area contributed by atoms with Gasteiger partial charge < -0.3 is 14.7 Å². The first-order chi connectivity index (χ1) is 11.9. The minimum atomic E-state index is -3.46. The van der Waals surface area contributed by atoms with Gasteiger partial charge in [-0.15, -0.1) is 0 Å². The van der Waals surface area contributed by atoms with Crippen LogP contribution in [-0.2, 0) is 36.3 Å². The molecule has 1 aliphatic rings. The number of rotatable bonds is 8. The molecule has 1 fully saturated rings. The largest absolute Gasteiger partial charge is 0.481 e. The predicted molar refractivity (Wildman–Crippen MR) is 91.9 cm³/mol. The predicted octanol–water partition coefficient (Wildman–Crippen LogP) is 0.868. The minimum Gasteiger partial charge on any atom is -0.481 e. The maximum atomic E-state index is 12.4. The highest BCUT2D eigenvalue weighted by Crippen LogP contribution is 2.16. The summed E-state index contributed by atoms with van der Waals surface area (Å²) >= 11 is 0. The van der Waals surface area contributed by atoms with E-state index in [4.69, 9.17) is 9.84 Å². The first-order valence-corrected chi connectivity index (χ1v) is 10.0. The van der Waals surface area contributed by atoms with Gasteiger partial charge in [-0.25, -0.2) is 8.42 Å². The van der Waals surface area contributed by atoms with Crippen molar-refractivity contribution < 1.29 is 27.9 Å². The number of ether oxygens (including phenoxy) is 1. The summed E-state index contributed by atoms with van der Waals surface area (Å²) in [6.07, 6.45) is 0.194. The molecule has 138 valence electrons. The molecule has 1 N–H and O–H groups in total. The summed E-state index contributed by atoms with van der Waals surface area (Å²) in [5.41, 5.74) is 1.32. The Bertz CT molecular complexity index is 710. The Balaban J connectivity index is 1.94. The van der Waals surface area contributed by atoms with Gasteiger partial charge in [-0.2, -0.15) is 0 Å². The number of hydrogen-bond acceptors (Lipinski definition) is 5. The monoisotopic (exact) mass is 369 g/mol. The van der Waals surface area contributed by atoms with Gasteiger partial charge >= 0.3 is 5.97 Å². The van der Waals surface area contributed by atoms with Crippen LogP contribution in [0.4, 0.5) is 0 Å². The summed E-state index contributed by atoms with van der Waals surface area (Å²) in [7, 11) is -3.46. The Morgan fingerprint density at radius 3 is 2.36 bits per heavy atom. The van der Waals surface area contributed by atoms with Crippen LogP contribution in [0.15, 0.2) is 24.3 Å². The van der Waals surface area contributed by atoms with E-state index >= 15 is 0 Å². The standard InChI is InChI=1S/C17H23NO6S/c19-16(18-8-10-24-11-9-18)7-12-25(22,23)13-15-4-2-1-3-14(15)5-6-17(20)21/h1-4H,5-13H2,(H,20,21). The Morgan fingerprint density at radius 2 is 1.72 bits per heavy atom. The van der Waals surface area contributed by atoms with Crippen molar-refractivity contribution in [2.75, 3.05) is 32.1 Å². The molecule has 1 aromatic carbocycles. The molecular formula is C17H23NO6S. The topological polar surface area (TPSA) is 101 Å². The van der Waals surface area contributed by atoms with Crippen LogP contribution in [-0.4, -0.2) is 62.4 Å². The van der Waals surface area contributed by atoms with E-state index in [1.165, 1.54) is 0 Å². The second-order valence-electron chi connectivity index (χ2n) is 6.00. The summed E-state index contributed by atoms with van der Waals surface area (Å²) in [6.45, 7) is 1.96. The number of carboxylic acid groups (broad SMARTS) is 1. The molecule has 0 aromatic heterocycles. The Kier molecular flexibility index (Phi) is 6.95. The quantitative estimate of drug-likeness (QED) is 0.730. The molecule has 7 nitrogen and oxygen atoms in total. The lowest BCUT2D eigenvalue weighted by atomic mass is 10.0. The molecule has 8 heteroatoms. The molecule has 0 atom stereocenters.